The molecule has 54 nitrogen and oxygen atoms in total. The third kappa shape index (κ3) is 71.2. The zero-order valence-electron chi connectivity index (χ0n) is 84.5. The van der Waals surface area contributed by atoms with Crippen LogP contribution < -0.4 is 63.8 Å². The van der Waals surface area contributed by atoms with E-state index in [1.54, 1.807) is 14.2 Å². The molecule has 0 fully saturated rings. The summed E-state index contributed by atoms with van der Waals surface area (Å²) in [6.07, 6.45) is 2.88. The third-order valence-electron chi connectivity index (χ3n) is 20.1. The lowest BCUT2D eigenvalue weighted by Crippen LogP contribution is -2.66. The lowest BCUT2D eigenvalue weighted by Gasteiger charge is -2.35. The number of ether oxygens (including phenoxy) is 20. The Kier molecular flexibility index (Phi) is 80.9. The van der Waals surface area contributed by atoms with Gasteiger partial charge in [-0.05, 0) is 78.1 Å². The fourth-order valence-corrected chi connectivity index (χ4v) is 12.4. The number of carboxylic acid groups (broad SMARTS) is 2. The third-order valence-corrected chi connectivity index (χ3v) is 20.1. The molecule has 0 saturated carbocycles. The lowest BCUT2D eigenvalue weighted by molar-refractivity contribution is -0.156. The van der Waals surface area contributed by atoms with Crippen molar-refractivity contribution in [1.82, 2.24) is 73.6 Å². The van der Waals surface area contributed by atoms with Crippen LogP contribution in [0.5, 0.6) is 0 Å². The number of methoxy groups -OCH3 is 2. The number of hydrogen-bond acceptors (Lipinski definition) is 38. The molecule has 14 N–H and O–H groups in total. The molecule has 16 amide bonds. The van der Waals surface area contributed by atoms with E-state index in [1.165, 1.54) is 13.8 Å². The Hall–Kier alpha value is -10.5. The number of nitrogens with one attached hydrogen (secondary N) is 12. The van der Waals surface area contributed by atoms with E-state index >= 15 is 0 Å². The van der Waals surface area contributed by atoms with Gasteiger partial charge in [0.15, 0.2) is 0 Å². The number of amides is 16. The van der Waals surface area contributed by atoms with Gasteiger partial charge < -0.3 is 169 Å². The quantitative estimate of drug-likeness (QED) is 0.0199. The molecule has 2 heterocycles. The molecule has 0 bridgehead atoms. The first kappa shape index (κ1) is 132. The molecule has 6 atom stereocenters. The van der Waals surface area contributed by atoms with Crippen molar-refractivity contribution in [3.05, 3.63) is 24.3 Å². The summed E-state index contributed by atoms with van der Waals surface area (Å²) in [5, 5.41) is 48.2. The van der Waals surface area contributed by atoms with Crippen molar-refractivity contribution in [1.29, 1.82) is 0 Å². The summed E-state index contributed by atoms with van der Waals surface area (Å²) < 4.78 is 108. The van der Waals surface area contributed by atoms with Gasteiger partial charge in [-0.1, -0.05) is 0 Å². The number of carbonyl (C=O) groups is 18. The van der Waals surface area contributed by atoms with E-state index in [1.807, 2.05) is 0 Å². The molecule has 0 aromatic carbocycles. The van der Waals surface area contributed by atoms with E-state index in [4.69, 9.17) is 105 Å². The highest BCUT2D eigenvalue weighted by atomic mass is 16.6. The molecule has 0 aromatic heterocycles. The van der Waals surface area contributed by atoms with Crippen molar-refractivity contribution in [3.8, 4) is 0 Å². The molecule has 0 aromatic rings. The van der Waals surface area contributed by atoms with Gasteiger partial charge in [0.25, 0.3) is 23.6 Å². The van der Waals surface area contributed by atoms with Gasteiger partial charge in [-0.25, -0.2) is 0 Å². The molecular weight excluding hydrogens is 1940 g/mol. The molecule has 0 radical (unpaired) electrons. The Morgan fingerprint density at radius 2 is 0.459 bits per heavy atom. The molecule has 0 saturated heterocycles. The number of unbranched alkanes of at least 4 members (excludes halogenated alkanes) is 2. The largest absolute Gasteiger partial charge is 0.480 e. The second-order valence-electron chi connectivity index (χ2n) is 31.9. The van der Waals surface area contributed by atoms with Gasteiger partial charge in [0.2, 0.25) is 70.9 Å². The Balaban J connectivity index is 1.96. The Morgan fingerprint density at radius 3 is 0.692 bits per heavy atom. The molecule has 146 heavy (non-hydrogen) atoms. The summed E-state index contributed by atoms with van der Waals surface area (Å²) in [6, 6.07) is -9.36. The van der Waals surface area contributed by atoms with Gasteiger partial charge in [-0.3, -0.25) is 96.1 Å². The van der Waals surface area contributed by atoms with Crippen LogP contribution in [-0.4, -0.2) is 480 Å². The molecule has 2 rings (SSSR count). The van der Waals surface area contributed by atoms with Gasteiger partial charge in [-0.15, -0.1) is 0 Å². The summed E-state index contributed by atoms with van der Waals surface area (Å²) in [7, 11) is 3.22. The Bertz CT molecular complexity index is 3520. The fourth-order valence-electron chi connectivity index (χ4n) is 12.4. The highest BCUT2D eigenvalue weighted by molar-refractivity contribution is 6.19. The van der Waals surface area contributed by atoms with Gasteiger partial charge >= 0.3 is 11.9 Å². The standard InChI is InChI=1S/C92H156N14O40/c1-69(91(123)124)101-77(111)65-99-73(107)15-9-25-95-87(119)71(13-5-7-23-93-79(113)67-145-63-61-143-59-57-141-55-53-139-51-49-137-47-45-135-43-41-133-39-37-131-35-33-129-31-29-127-3)103-75(109)17-11-27-97-89(121)85(105-81(115)19-20-82(105)116)86(106-83(117)21-22-84(106)118)90(122)98-28-12-18-76(110)104-72(88(120)96-26-10-16-74(108)100-66-78(112)102-70(2)92(125)126)14-6-8-24-94-80(114)68-146-64-62-144-60-58-142-56-54-140-52-50-138-48-46-136-44-42-134-40-38-132-36-34-130-32-30-128-4/h19-22,69-72,85-86H,5-18,23-68H2,1-4H3,(H,93,113)(H,94,114)(H,95,119)(H,96,120)(H,97,121)(H,98,122)(H,99,107)(H,100,108)(H,101,111)(H,102,112)(H,103,109)(H,104,110)(H,123,124)(H,125,126)/t69-,70-,71-,72-,85-,86-/m0/s1. The molecule has 0 spiro atoms. The van der Waals surface area contributed by atoms with Gasteiger partial charge in [0, 0.05) is 103 Å². The van der Waals surface area contributed by atoms with Crippen molar-refractivity contribution in [2.75, 3.05) is 318 Å². The minimum absolute atomic E-state index is 0.0181. The average molecular weight is 2100 g/mol. The summed E-state index contributed by atoms with van der Waals surface area (Å²) in [6.45, 7) is 13.9. The number of imide groups is 2. The first-order valence-electron chi connectivity index (χ1n) is 49.0. The minimum atomic E-state index is -2.25. The van der Waals surface area contributed by atoms with Gasteiger partial charge in [0.1, 0.15) is 49.5 Å². The van der Waals surface area contributed by atoms with Crippen LogP contribution in [0.4, 0.5) is 0 Å². The second-order valence-corrected chi connectivity index (χ2v) is 31.9. The van der Waals surface area contributed by atoms with E-state index in [2.05, 4.69) is 63.8 Å². The molecule has 54 heteroatoms. The monoisotopic (exact) mass is 2100 g/mol. The van der Waals surface area contributed by atoms with Crippen LogP contribution in [-0.2, 0) is 181 Å². The zero-order valence-corrected chi connectivity index (χ0v) is 84.5. The summed E-state index contributed by atoms with van der Waals surface area (Å²) in [5.74, 6) is -16.0. The molecule has 0 unspecified atom stereocenters. The van der Waals surface area contributed by atoms with Gasteiger partial charge in [0.05, 0.1) is 251 Å². The van der Waals surface area contributed by atoms with Crippen LogP contribution >= 0.6 is 0 Å². The van der Waals surface area contributed by atoms with Crippen molar-refractivity contribution in [3.63, 3.8) is 0 Å². The van der Waals surface area contributed by atoms with E-state index in [9.17, 15) is 86.3 Å². The van der Waals surface area contributed by atoms with Crippen LogP contribution in [0, 0.1) is 0 Å². The number of carboxylic acids is 2. The summed E-state index contributed by atoms with van der Waals surface area (Å²) in [5.41, 5.74) is 0. The number of nitrogens with zero attached hydrogens (tertiary/aromatic N) is 2. The normalized spacial score (nSPS) is 13.5. The Labute approximate surface area is 849 Å². The maximum absolute atomic E-state index is 14.5. The van der Waals surface area contributed by atoms with Crippen molar-refractivity contribution < 1.29 is 191 Å². The van der Waals surface area contributed by atoms with E-state index < -0.39 is 182 Å². The van der Waals surface area contributed by atoms with Crippen LogP contribution in [0.1, 0.15) is 104 Å². The Morgan fingerprint density at radius 1 is 0.247 bits per heavy atom. The molecule has 834 valence electrons. The van der Waals surface area contributed by atoms with E-state index in [-0.39, 0.29) is 156 Å². The lowest BCUT2D eigenvalue weighted by atomic mass is 10.0. The van der Waals surface area contributed by atoms with Crippen molar-refractivity contribution >= 4 is 106 Å². The molecule has 0 aliphatic carbocycles. The maximum Gasteiger partial charge on any atom is 0.325 e. The smallest absolute Gasteiger partial charge is 0.325 e. The predicted molar refractivity (Wildman–Crippen MR) is 511 cm³/mol. The van der Waals surface area contributed by atoms with E-state index in [0.29, 0.717) is 208 Å². The molecule has 2 aliphatic heterocycles. The van der Waals surface area contributed by atoms with Crippen LogP contribution in [0.2, 0.25) is 0 Å². The van der Waals surface area contributed by atoms with Crippen LogP contribution in [0.15, 0.2) is 24.3 Å². The topological polar surface area (TPSA) is 683 Å². The maximum atomic E-state index is 14.5. The number of carbonyl (C=O) groups excluding carboxylic acids is 16. The van der Waals surface area contributed by atoms with Gasteiger partial charge in [-0.2, -0.15) is 0 Å². The second kappa shape index (κ2) is 89.7. The first-order valence-corrected chi connectivity index (χ1v) is 49.0. The first-order chi connectivity index (χ1) is 70.7. The minimum Gasteiger partial charge on any atom is -0.480 e. The average Bonchev–Trinajstić information content (AvgIpc) is 1.28. The van der Waals surface area contributed by atoms with Crippen molar-refractivity contribution in [2.45, 2.75) is 140 Å². The summed E-state index contributed by atoms with van der Waals surface area (Å²) >= 11 is 0. The number of aliphatic carboxylic acids is 2. The highest BCUT2D eigenvalue weighted by Gasteiger charge is 2.50. The van der Waals surface area contributed by atoms with Crippen LogP contribution in [0.3, 0.4) is 0 Å². The van der Waals surface area contributed by atoms with Crippen molar-refractivity contribution in [2.24, 2.45) is 0 Å². The molecular formula is C92H156N14O40. The number of rotatable bonds is 101. The van der Waals surface area contributed by atoms with E-state index in [0.717, 1.165) is 24.3 Å². The fraction of sp³-hybridized carbons (Fsp3) is 0.761. The highest BCUT2D eigenvalue weighted by Crippen LogP contribution is 2.22. The predicted octanol–water partition coefficient (Wildman–Crippen LogP) is -6.30. The zero-order chi connectivity index (χ0) is 107. The number of hydrogen-bond donors (Lipinski definition) is 14. The summed E-state index contributed by atoms with van der Waals surface area (Å²) in [4.78, 5) is 235. The van der Waals surface area contributed by atoms with Crippen LogP contribution in [0.25, 0.3) is 0 Å². The SMILES string of the molecule is COCCOCCOCCOCCOCCOCCOCCOCCOCCOCC(=O)NCCCC[C@H](NC(=O)CCCNC(=O)[C@H]([C@@H](C(=O)NCCCC(=O)N[C@@H](CCCCNC(=O)COCCOCCOCCOCCOCCOCCOCCOCCOCCOC)C(=O)NCCCC(=O)NCC(=O)N[C@@H](C)C(=O)O)N1C(=O)C=CC1=O)N1C(=O)C=CC1=O)C(=O)NCCCC(=O)NCC(=O)N[C@@H](C)C(=O)O. The molecule has 2 aliphatic rings.